The predicted molar refractivity (Wildman–Crippen MR) is 135 cm³/mol. The summed E-state index contributed by atoms with van der Waals surface area (Å²) in [6.45, 7) is 2.01. The summed E-state index contributed by atoms with van der Waals surface area (Å²) in [4.78, 5) is 11.4. The van der Waals surface area contributed by atoms with E-state index in [1.807, 2.05) is 0 Å². The van der Waals surface area contributed by atoms with E-state index in [0.717, 1.165) is 19.3 Å². The highest BCUT2D eigenvalue weighted by atomic mass is 32.2. The van der Waals surface area contributed by atoms with Crippen LogP contribution in [0.15, 0.2) is 0 Å². The van der Waals surface area contributed by atoms with E-state index < -0.39 is 15.9 Å². The van der Waals surface area contributed by atoms with Crippen molar-refractivity contribution in [2.75, 3.05) is 12.4 Å². The Morgan fingerprint density at radius 1 is 0.594 bits per heavy atom. The third kappa shape index (κ3) is 27.4. The van der Waals surface area contributed by atoms with Crippen molar-refractivity contribution in [2.45, 2.75) is 148 Å². The smallest absolute Gasteiger partial charge is 0.305 e. The Kier molecular flexibility index (Phi) is 23.1. The number of esters is 1. The molecule has 0 aromatic heterocycles. The van der Waals surface area contributed by atoms with E-state index in [9.17, 15) is 13.2 Å². The van der Waals surface area contributed by atoms with Gasteiger partial charge < -0.3 is 4.74 Å². The first kappa shape index (κ1) is 31.4. The standard InChI is InChI=1S/C26H52O5S/c1-2-3-4-5-6-7-8-9-10-11-12-13-14-15-16-17-18-19-20-21-22-23-26(27)31-24-25-32(28,29)30/h2-25H2,1H3,(H,28,29,30). The average molecular weight is 477 g/mol. The molecule has 0 aromatic carbocycles. The molecule has 0 unspecified atom stereocenters. The largest absolute Gasteiger partial charge is 0.464 e. The van der Waals surface area contributed by atoms with Gasteiger partial charge in [0.2, 0.25) is 0 Å². The van der Waals surface area contributed by atoms with Crippen LogP contribution >= 0.6 is 0 Å². The molecular weight excluding hydrogens is 424 g/mol. The van der Waals surface area contributed by atoms with Gasteiger partial charge in [-0.3, -0.25) is 9.35 Å². The molecular formula is C26H52O5S. The number of ether oxygens (including phenoxy) is 1. The van der Waals surface area contributed by atoms with Gasteiger partial charge in [-0.05, 0) is 6.42 Å². The monoisotopic (exact) mass is 476 g/mol. The van der Waals surface area contributed by atoms with Gasteiger partial charge in [0.1, 0.15) is 12.4 Å². The Morgan fingerprint density at radius 2 is 0.906 bits per heavy atom. The minimum absolute atomic E-state index is 0.267. The normalized spacial score (nSPS) is 11.7. The van der Waals surface area contributed by atoms with Crippen molar-refractivity contribution in [3.05, 3.63) is 0 Å². The van der Waals surface area contributed by atoms with Crippen molar-refractivity contribution < 1.29 is 22.5 Å². The third-order valence-corrected chi connectivity index (χ3v) is 6.77. The Balaban J connectivity index is 3.14. The molecule has 32 heavy (non-hydrogen) atoms. The molecule has 0 bridgehead atoms. The van der Waals surface area contributed by atoms with E-state index >= 15 is 0 Å². The SMILES string of the molecule is CCCCCCCCCCCCCCCCCCCCCCCC(=O)OCCS(=O)(=O)O. The number of hydrogen-bond donors (Lipinski definition) is 1. The fourth-order valence-corrected chi connectivity index (χ4v) is 4.33. The topological polar surface area (TPSA) is 80.7 Å². The molecule has 0 rings (SSSR count). The van der Waals surface area contributed by atoms with Crippen LogP contribution in [0.1, 0.15) is 148 Å². The molecule has 1 N–H and O–H groups in total. The number of rotatable bonds is 25. The maximum Gasteiger partial charge on any atom is 0.305 e. The van der Waals surface area contributed by atoms with Crippen molar-refractivity contribution in [3.8, 4) is 0 Å². The van der Waals surface area contributed by atoms with Crippen molar-refractivity contribution >= 4 is 16.1 Å². The van der Waals surface area contributed by atoms with Crippen molar-refractivity contribution in [1.29, 1.82) is 0 Å². The summed E-state index contributed by atoms with van der Waals surface area (Å²) in [5.74, 6) is -0.913. The second kappa shape index (κ2) is 23.5. The Morgan fingerprint density at radius 3 is 1.22 bits per heavy atom. The minimum Gasteiger partial charge on any atom is -0.464 e. The third-order valence-electron chi connectivity index (χ3n) is 6.09. The molecule has 6 heteroatoms. The van der Waals surface area contributed by atoms with Gasteiger partial charge in [-0.15, -0.1) is 0 Å². The van der Waals surface area contributed by atoms with Crippen LogP contribution in [0.4, 0.5) is 0 Å². The molecule has 0 aliphatic carbocycles. The zero-order chi connectivity index (χ0) is 23.8. The lowest BCUT2D eigenvalue weighted by atomic mass is 10.0. The van der Waals surface area contributed by atoms with Crippen LogP contribution in [-0.2, 0) is 19.6 Å². The van der Waals surface area contributed by atoms with Crippen LogP contribution < -0.4 is 0 Å². The van der Waals surface area contributed by atoms with Gasteiger partial charge >= 0.3 is 5.97 Å². The van der Waals surface area contributed by atoms with E-state index in [0.29, 0.717) is 6.42 Å². The Bertz CT molecular complexity index is 504. The van der Waals surface area contributed by atoms with Crippen molar-refractivity contribution in [2.24, 2.45) is 0 Å². The first-order chi connectivity index (χ1) is 15.5. The fraction of sp³-hybridized carbons (Fsp3) is 0.962. The molecule has 0 atom stereocenters. The molecule has 0 aromatic rings. The number of unbranched alkanes of at least 4 members (excludes halogenated alkanes) is 20. The molecule has 0 saturated heterocycles. The number of carbonyl (C=O) groups excluding carboxylic acids is 1. The predicted octanol–water partition coefficient (Wildman–Crippen LogP) is 8.02. The van der Waals surface area contributed by atoms with E-state index in [-0.39, 0.29) is 12.6 Å². The molecule has 192 valence electrons. The Labute approximate surface area is 199 Å². The van der Waals surface area contributed by atoms with Crippen LogP contribution in [0.2, 0.25) is 0 Å². The van der Waals surface area contributed by atoms with Gasteiger partial charge in [0.25, 0.3) is 10.1 Å². The quantitative estimate of drug-likeness (QED) is 0.0819. The summed E-state index contributed by atoms with van der Waals surface area (Å²) in [6.07, 6.45) is 28.2. The Hall–Kier alpha value is -0.620. The van der Waals surface area contributed by atoms with E-state index in [2.05, 4.69) is 6.92 Å². The zero-order valence-electron chi connectivity index (χ0n) is 21.0. The molecule has 0 radical (unpaired) electrons. The second-order valence-electron chi connectivity index (χ2n) is 9.33. The summed E-state index contributed by atoms with van der Waals surface area (Å²) in [7, 11) is -4.05. The van der Waals surface area contributed by atoms with E-state index in [1.54, 1.807) is 0 Å². The lowest BCUT2D eigenvalue weighted by molar-refractivity contribution is -0.143. The fourth-order valence-electron chi connectivity index (χ4n) is 4.03. The maximum atomic E-state index is 11.4. The zero-order valence-corrected chi connectivity index (χ0v) is 21.8. The molecule has 0 aliphatic rings. The van der Waals surface area contributed by atoms with E-state index in [4.69, 9.17) is 9.29 Å². The highest BCUT2D eigenvalue weighted by molar-refractivity contribution is 7.85. The molecule has 0 heterocycles. The lowest BCUT2D eigenvalue weighted by Crippen LogP contribution is -2.14. The summed E-state index contributed by atoms with van der Waals surface area (Å²) >= 11 is 0. The lowest BCUT2D eigenvalue weighted by Gasteiger charge is -2.05. The van der Waals surface area contributed by atoms with Gasteiger partial charge in [0.15, 0.2) is 0 Å². The highest BCUT2D eigenvalue weighted by Gasteiger charge is 2.07. The van der Waals surface area contributed by atoms with Gasteiger partial charge in [-0.2, -0.15) is 8.42 Å². The molecule has 5 nitrogen and oxygen atoms in total. The van der Waals surface area contributed by atoms with Crippen molar-refractivity contribution in [3.63, 3.8) is 0 Å². The number of hydrogen-bond acceptors (Lipinski definition) is 4. The average Bonchev–Trinajstić information content (AvgIpc) is 2.74. The van der Waals surface area contributed by atoms with E-state index in [1.165, 1.54) is 116 Å². The second-order valence-corrected chi connectivity index (χ2v) is 10.9. The maximum absolute atomic E-state index is 11.4. The van der Waals surface area contributed by atoms with Crippen molar-refractivity contribution in [1.82, 2.24) is 0 Å². The van der Waals surface area contributed by atoms with Crippen LogP contribution in [0.3, 0.4) is 0 Å². The molecule has 0 saturated carbocycles. The number of carbonyl (C=O) groups is 1. The first-order valence-corrected chi connectivity index (χ1v) is 15.2. The molecule has 0 spiro atoms. The first-order valence-electron chi connectivity index (χ1n) is 13.6. The van der Waals surface area contributed by atoms with Gasteiger partial charge in [0.05, 0.1) is 0 Å². The van der Waals surface area contributed by atoms with Gasteiger partial charge in [-0.25, -0.2) is 0 Å². The van der Waals surface area contributed by atoms with Crippen LogP contribution in [-0.4, -0.2) is 31.3 Å². The highest BCUT2D eigenvalue weighted by Crippen LogP contribution is 2.15. The van der Waals surface area contributed by atoms with Crippen LogP contribution in [0, 0.1) is 0 Å². The van der Waals surface area contributed by atoms with Gasteiger partial charge in [-0.1, -0.05) is 135 Å². The van der Waals surface area contributed by atoms with Gasteiger partial charge in [0, 0.05) is 6.42 Å². The summed E-state index contributed by atoms with van der Waals surface area (Å²) in [5.41, 5.74) is 0. The molecule has 0 aliphatic heterocycles. The molecule has 0 amide bonds. The summed E-state index contributed by atoms with van der Waals surface area (Å²) in [5, 5.41) is 0. The summed E-state index contributed by atoms with van der Waals surface area (Å²) in [6, 6.07) is 0. The van der Waals surface area contributed by atoms with Crippen LogP contribution in [0.5, 0.6) is 0 Å². The van der Waals surface area contributed by atoms with Crippen LogP contribution in [0.25, 0.3) is 0 Å². The molecule has 0 fully saturated rings. The summed E-state index contributed by atoms with van der Waals surface area (Å²) < 4.78 is 34.4. The minimum atomic E-state index is -4.05.